The molecule has 3 unspecified atom stereocenters. The van der Waals surface area contributed by atoms with E-state index in [1.807, 2.05) is 0 Å². The first kappa shape index (κ1) is 13.7. The fourth-order valence-corrected chi connectivity index (χ4v) is 2.87. The van der Waals surface area contributed by atoms with Crippen molar-refractivity contribution in [2.45, 2.75) is 39.2 Å². The Morgan fingerprint density at radius 1 is 1.37 bits per heavy atom. The highest BCUT2D eigenvalue weighted by molar-refractivity contribution is 5.99. The number of nitrogens with one attached hydrogen (secondary N) is 1. The largest absolute Gasteiger partial charge is 0.508 e. The highest BCUT2D eigenvalue weighted by Crippen LogP contribution is 2.29. The van der Waals surface area contributed by atoms with Crippen LogP contribution in [0.1, 0.15) is 43.5 Å². The van der Waals surface area contributed by atoms with Gasteiger partial charge in [0, 0.05) is 11.7 Å². The summed E-state index contributed by atoms with van der Waals surface area (Å²) in [5.74, 6) is 1.07. The van der Waals surface area contributed by atoms with Crippen LogP contribution in [0.4, 0.5) is 5.69 Å². The van der Waals surface area contributed by atoms with Crippen molar-refractivity contribution in [1.82, 2.24) is 5.32 Å². The molecule has 0 bridgehead atoms. The van der Waals surface area contributed by atoms with Crippen LogP contribution in [0.15, 0.2) is 18.2 Å². The zero-order chi connectivity index (χ0) is 14.0. The maximum atomic E-state index is 12.2. The van der Waals surface area contributed by atoms with E-state index in [0.29, 0.717) is 17.2 Å². The molecule has 0 saturated heterocycles. The molecule has 1 aromatic rings. The lowest BCUT2D eigenvalue weighted by Gasteiger charge is -2.33. The summed E-state index contributed by atoms with van der Waals surface area (Å²) in [6, 6.07) is 4.65. The average Bonchev–Trinajstić information content (AvgIpc) is 2.35. The van der Waals surface area contributed by atoms with Crippen molar-refractivity contribution in [1.29, 1.82) is 0 Å². The van der Waals surface area contributed by atoms with Gasteiger partial charge >= 0.3 is 0 Å². The van der Waals surface area contributed by atoms with Crippen LogP contribution >= 0.6 is 0 Å². The molecule has 3 atom stereocenters. The Morgan fingerprint density at radius 3 is 2.79 bits per heavy atom. The van der Waals surface area contributed by atoms with E-state index < -0.39 is 0 Å². The van der Waals surface area contributed by atoms with E-state index in [9.17, 15) is 9.90 Å². The van der Waals surface area contributed by atoms with Crippen molar-refractivity contribution in [2.75, 3.05) is 5.73 Å². The van der Waals surface area contributed by atoms with Crippen molar-refractivity contribution >= 4 is 11.6 Å². The summed E-state index contributed by atoms with van der Waals surface area (Å²) in [5, 5.41) is 12.5. The SMILES string of the molecule is CC1CCC(NC(=O)c2cc(O)ccc2N)C(C)C1. The number of hydrogen-bond acceptors (Lipinski definition) is 3. The topological polar surface area (TPSA) is 75.3 Å². The predicted octanol–water partition coefficient (Wildman–Crippen LogP) is 2.53. The van der Waals surface area contributed by atoms with Gasteiger partial charge in [0.15, 0.2) is 0 Å². The minimum atomic E-state index is -0.195. The van der Waals surface area contributed by atoms with Crippen LogP contribution in [-0.2, 0) is 0 Å². The number of nitrogen functional groups attached to an aromatic ring is 1. The molecule has 1 fully saturated rings. The van der Waals surface area contributed by atoms with Crippen LogP contribution in [0.25, 0.3) is 0 Å². The zero-order valence-electron chi connectivity index (χ0n) is 11.5. The standard InChI is InChI=1S/C15H22N2O2/c1-9-3-6-14(10(2)7-9)17-15(19)12-8-11(18)4-5-13(12)16/h4-5,8-10,14,18H,3,6-7,16H2,1-2H3,(H,17,19). The normalized spacial score (nSPS) is 26.9. The Balaban J connectivity index is 2.06. The number of carbonyl (C=O) groups excluding carboxylic acids is 1. The van der Waals surface area contributed by atoms with Gasteiger partial charge in [-0.2, -0.15) is 0 Å². The molecule has 1 aliphatic rings. The van der Waals surface area contributed by atoms with Gasteiger partial charge in [-0.15, -0.1) is 0 Å². The van der Waals surface area contributed by atoms with E-state index >= 15 is 0 Å². The second-order valence-corrected chi connectivity index (χ2v) is 5.75. The van der Waals surface area contributed by atoms with E-state index in [1.165, 1.54) is 12.1 Å². The van der Waals surface area contributed by atoms with Crippen molar-refractivity contribution in [2.24, 2.45) is 11.8 Å². The summed E-state index contributed by atoms with van der Waals surface area (Å²) in [6.07, 6.45) is 3.29. The van der Waals surface area contributed by atoms with Crippen molar-refractivity contribution in [3.63, 3.8) is 0 Å². The molecule has 2 rings (SSSR count). The number of nitrogens with two attached hydrogens (primary N) is 1. The highest BCUT2D eigenvalue weighted by Gasteiger charge is 2.27. The zero-order valence-corrected chi connectivity index (χ0v) is 11.5. The van der Waals surface area contributed by atoms with Gasteiger partial charge in [-0.1, -0.05) is 13.8 Å². The van der Waals surface area contributed by atoms with Crippen LogP contribution in [0.5, 0.6) is 5.75 Å². The summed E-state index contributed by atoms with van der Waals surface area (Å²) in [7, 11) is 0. The summed E-state index contributed by atoms with van der Waals surface area (Å²) in [6.45, 7) is 4.42. The number of carbonyl (C=O) groups is 1. The molecular formula is C15H22N2O2. The molecular weight excluding hydrogens is 240 g/mol. The third-order valence-electron chi connectivity index (χ3n) is 4.03. The van der Waals surface area contributed by atoms with Crippen LogP contribution in [-0.4, -0.2) is 17.1 Å². The molecule has 0 heterocycles. The van der Waals surface area contributed by atoms with Gasteiger partial charge in [0.2, 0.25) is 0 Å². The predicted molar refractivity (Wildman–Crippen MR) is 76.0 cm³/mol. The fraction of sp³-hybridized carbons (Fsp3) is 0.533. The van der Waals surface area contributed by atoms with E-state index in [0.717, 1.165) is 25.2 Å². The molecule has 1 amide bonds. The monoisotopic (exact) mass is 262 g/mol. The summed E-state index contributed by atoms with van der Waals surface area (Å²) in [4.78, 5) is 12.2. The van der Waals surface area contributed by atoms with E-state index in [1.54, 1.807) is 6.07 Å². The number of phenolic OH excluding ortho intramolecular Hbond substituents is 1. The Kier molecular flexibility index (Phi) is 3.98. The van der Waals surface area contributed by atoms with Gasteiger partial charge in [0.25, 0.3) is 5.91 Å². The Morgan fingerprint density at radius 2 is 2.11 bits per heavy atom. The Hall–Kier alpha value is -1.71. The van der Waals surface area contributed by atoms with Crippen molar-refractivity contribution in [3.05, 3.63) is 23.8 Å². The minimum absolute atomic E-state index is 0.0599. The minimum Gasteiger partial charge on any atom is -0.508 e. The number of hydrogen-bond donors (Lipinski definition) is 3. The van der Waals surface area contributed by atoms with Gasteiger partial charge in [-0.3, -0.25) is 4.79 Å². The molecule has 4 heteroatoms. The number of benzene rings is 1. The molecule has 4 N–H and O–H groups in total. The van der Waals surface area contributed by atoms with Gasteiger partial charge < -0.3 is 16.2 Å². The molecule has 104 valence electrons. The second-order valence-electron chi connectivity index (χ2n) is 5.75. The smallest absolute Gasteiger partial charge is 0.253 e. The molecule has 0 aromatic heterocycles. The number of amides is 1. The molecule has 0 spiro atoms. The van der Waals surface area contributed by atoms with E-state index in [4.69, 9.17) is 5.73 Å². The van der Waals surface area contributed by atoms with Crippen molar-refractivity contribution < 1.29 is 9.90 Å². The Bertz CT molecular complexity index is 473. The first-order valence-electron chi connectivity index (χ1n) is 6.86. The van der Waals surface area contributed by atoms with Crippen LogP contribution in [0.3, 0.4) is 0 Å². The van der Waals surface area contributed by atoms with Crippen LogP contribution < -0.4 is 11.1 Å². The maximum Gasteiger partial charge on any atom is 0.253 e. The Labute approximate surface area is 114 Å². The second kappa shape index (κ2) is 5.51. The van der Waals surface area contributed by atoms with Gasteiger partial charge in [-0.25, -0.2) is 0 Å². The molecule has 19 heavy (non-hydrogen) atoms. The van der Waals surface area contributed by atoms with E-state index in [2.05, 4.69) is 19.2 Å². The number of phenols is 1. The van der Waals surface area contributed by atoms with Gasteiger partial charge in [0.1, 0.15) is 5.75 Å². The third kappa shape index (κ3) is 3.19. The van der Waals surface area contributed by atoms with Crippen molar-refractivity contribution in [3.8, 4) is 5.75 Å². The lowest BCUT2D eigenvalue weighted by Crippen LogP contribution is -2.42. The first-order chi connectivity index (χ1) is 8.97. The quantitative estimate of drug-likeness (QED) is 0.566. The van der Waals surface area contributed by atoms with Crippen LogP contribution in [0.2, 0.25) is 0 Å². The summed E-state index contributed by atoms with van der Waals surface area (Å²) in [5.41, 5.74) is 6.53. The van der Waals surface area contributed by atoms with Gasteiger partial charge in [-0.05, 0) is 49.3 Å². The number of aromatic hydroxyl groups is 1. The molecule has 0 aliphatic heterocycles. The highest BCUT2D eigenvalue weighted by atomic mass is 16.3. The first-order valence-corrected chi connectivity index (χ1v) is 6.86. The average molecular weight is 262 g/mol. The third-order valence-corrected chi connectivity index (χ3v) is 4.03. The number of rotatable bonds is 2. The molecule has 0 radical (unpaired) electrons. The fourth-order valence-electron chi connectivity index (χ4n) is 2.87. The van der Waals surface area contributed by atoms with E-state index in [-0.39, 0.29) is 17.7 Å². The summed E-state index contributed by atoms with van der Waals surface area (Å²) >= 11 is 0. The molecule has 1 aliphatic carbocycles. The summed E-state index contributed by atoms with van der Waals surface area (Å²) < 4.78 is 0. The lowest BCUT2D eigenvalue weighted by molar-refractivity contribution is 0.0900. The van der Waals surface area contributed by atoms with Gasteiger partial charge in [0.05, 0.1) is 5.56 Å². The van der Waals surface area contributed by atoms with Crippen LogP contribution in [0, 0.1) is 11.8 Å². The lowest BCUT2D eigenvalue weighted by atomic mass is 9.80. The molecule has 4 nitrogen and oxygen atoms in total. The number of anilines is 1. The molecule has 1 saturated carbocycles. The maximum absolute atomic E-state index is 12.2. The molecule has 1 aromatic carbocycles.